The van der Waals surface area contributed by atoms with Crippen molar-refractivity contribution in [2.24, 2.45) is 5.11 Å². The SMILES string of the molecule is [N-]=[N+]=NC1(c2ccccc2)CCCCC1=O. The van der Waals surface area contributed by atoms with Gasteiger partial charge in [0.25, 0.3) is 0 Å². The van der Waals surface area contributed by atoms with Crippen LogP contribution in [0.1, 0.15) is 31.2 Å². The highest BCUT2D eigenvalue weighted by molar-refractivity contribution is 5.90. The summed E-state index contributed by atoms with van der Waals surface area (Å²) in [5.41, 5.74) is 8.54. The first-order chi connectivity index (χ1) is 7.79. The Morgan fingerprint density at radius 2 is 2.00 bits per heavy atom. The lowest BCUT2D eigenvalue weighted by Crippen LogP contribution is -2.36. The first-order valence-electron chi connectivity index (χ1n) is 5.45. The highest BCUT2D eigenvalue weighted by atomic mass is 16.1. The highest BCUT2D eigenvalue weighted by Crippen LogP contribution is 2.38. The predicted octanol–water partition coefficient (Wildman–Crippen LogP) is 3.34. The van der Waals surface area contributed by atoms with Crippen LogP contribution in [0.15, 0.2) is 35.4 Å². The molecule has 0 N–H and O–H groups in total. The minimum Gasteiger partial charge on any atom is -0.299 e. The maximum absolute atomic E-state index is 12.0. The molecule has 1 aromatic rings. The molecule has 1 aromatic carbocycles. The average Bonchev–Trinajstić information content (AvgIpc) is 2.34. The van der Waals surface area contributed by atoms with E-state index in [0.717, 1.165) is 18.4 Å². The zero-order valence-electron chi connectivity index (χ0n) is 8.97. The zero-order chi connectivity index (χ0) is 11.4. The fourth-order valence-electron chi connectivity index (χ4n) is 2.27. The van der Waals surface area contributed by atoms with Crippen molar-refractivity contribution in [1.82, 2.24) is 0 Å². The number of benzene rings is 1. The molecule has 1 saturated carbocycles. The van der Waals surface area contributed by atoms with Gasteiger partial charge in [-0.1, -0.05) is 41.9 Å². The molecular formula is C12H13N3O. The van der Waals surface area contributed by atoms with E-state index in [2.05, 4.69) is 10.0 Å². The van der Waals surface area contributed by atoms with Crippen LogP contribution in [-0.2, 0) is 10.3 Å². The molecule has 0 radical (unpaired) electrons. The second-order valence-electron chi connectivity index (χ2n) is 4.05. The maximum Gasteiger partial charge on any atom is 0.149 e. The molecule has 16 heavy (non-hydrogen) atoms. The monoisotopic (exact) mass is 215 g/mol. The van der Waals surface area contributed by atoms with E-state index in [1.807, 2.05) is 30.3 Å². The van der Waals surface area contributed by atoms with Crippen molar-refractivity contribution in [3.8, 4) is 0 Å². The Labute approximate surface area is 93.9 Å². The van der Waals surface area contributed by atoms with E-state index in [-0.39, 0.29) is 5.78 Å². The third kappa shape index (κ3) is 1.68. The number of hydrogen-bond donors (Lipinski definition) is 0. The van der Waals surface area contributed by atoms with Crippen molar-refractivity contribution in [3.63, 3.8) is 0 Å². The van der Waals surface area contributed by atoms with Crippen molar-refractivity contribution < 1.29 is 4.79 Å². The summed E-state index contributed by atoms with van der Waals surface area (Å²) >= 11 is 0. The number of azide groups is 1. The standard InChI is InChI=1S/C12H13N3O/c13-15-14-12(9-5-4-8-11(12)16)10-6-2-1-3-7-10/h1-3,6-7H,4-5,8-9H2. The Bertz CT molecular complexity index is 437. The lowest BCUT2D eigenvalue weighted by atomic mass is 9.76. The third-order valence-corrected chi connectivity index (χ3v) is 3.12. The van der Waals surface area contributed by atoms with Gasteiger partial charge in [0.2, 0.25) is 0 Å². The molecule has 0 amide bonds. The smallest absolute Gasteiger partial charge is 0.149 e. The van der Waals surface area contributed by atoms with Gasteiger partial charge >= 0.3 is 0 Å². The van der Waals surface area contributed by atoms with Gasteiger partial charge in [-0.2, -0.15) is 0 Å². The molecule has 0 aliphatic heterocycles. The quantitative estimate of drug-likeness (QED) is 0.424. The van der Waals surface area contributed by atoms with Crippen molar-refractivity contribution in [1.29, 1.82) is 0 Å². The van der Waals surface area contributed by atoms with Gasteiger partial charge in [0.05, 0.1) is 0 Å². The van der Waals surface area contributed by atoms with E-state index in [1.54, 1.807) is 0 Å². The number of carbonyl (C=O) groups excluding carboxylic acids is 1. The van der Waals surface area contributed by atoms with Gasteiger partial charge in [-0.3, -0.25) is 4.79 Å². The Morgan fingerprint density at radius 1 is 1.25 bits per heavy atom. The Kier molecular flexibility index (Phi) is 2.93. The normalized spacial score (nSPS) is 24.9. The average molecular weight is 215 g/mol. The molecule has 2 rings (SSSR count). The van der Waals surface area contributed by atoms with E-state index in [4.69, 9.17) is 5.53 Å². The van der Waals surface area contributed by atoms with Crippen molar-refractivity contribution >= 4 is 5.78 Å². The number of hydrogen-bond acceptors (Lipinski definition) is 2. The third-order valence-electron chi connectivity index (χ3n) is 3.12. The topological polar surface area (TPSA) is 65.8 Å². The van der Waals surface area contributed by atoms with Crippen molar-refractivity contribution in [3.05, 3.63) is 46.3 Å². The van der Waals surface area contributed by atoms with Crippen LogP contribution in [0.4, 0.5) is 0 Å². The number of rotatable bonds is 2. The summed E-state index contributed by atoms with van der Waals surface area (Å²) < 4.78 is 0. The van der Waals surface area contributed by atoms with Gasteiger partial charge in [0, 0.05) is 11.3 Å². The molecule has 0 aromatic heterocycles. The molecule has 1 aliphatic rings. The first-order valence-corrected chi connectivity index (χ1v) is 5.45. The number of Topliss-reactive ketones (excluding diaryl/α,β-unsaturated/α-hetero) is 1. The molecule has 1 atom stereocenters. The molecule has 1 fully saturated rings. The summed E-state index contributed by atoms with van der Waals surface area (Å²) in [6.45, 7) is 0. The molecule has 0 saturated heterocycles. The number of carbonyl (C=O) groups is 1. The summed E-state index contributed by atoms with van der Waals surface area (Å²) in [6, 6.07) is 9.34. The van der Waals surface area contributed by atoms with Gasteiger partial charge in [-0.25, -0.2) is 0 Å². The van der Waals surface area contributed by atoms with Gasteiger partial charge in [-0.05, 0) is 23.9 Å². The molecule has 82 valence electrons. The second-order valence-corrected chi connectivity index (χ2v) is 4.05. The van der Waals surface area contributed by atoms with Crippen LogP contribution in [0.3, 0.4) is 0 Å². The minimum absolute atomic E-state index is 0.0442. The lowest BCUT2D eigenvalue weighted by Gasteiger charge is -2.31. The van der Waals surface area contributed by atoms with Crippen LogP contribution in [0, 0.1) is 0 Å². The summed E-state index contributed by atoms with van der Waals surface area (Å²) in [5, 5.41) is 3.80. The Balaban J connectivity index is 2.50. The van der Waals surface area contributed by atoms with E-state index in [0.29, 0.717) is 12.8 Å². The fourth-order valence-corrected chi connectivity index (χ4v) is 2.27. The Morgan fingerprint density at radius 3 is 2.62 bits per heavy atom. The molecule has 4 heteroatoms. The van der Waals surface area contributed by atoms with Crippen LogP contribution in [-0.4, -0.2) is 5.78 Å². The van der Waals surface area contributed by atoms with Gasteiger partial charge in [-0.15, -0.1) is 0 Å². The van der Waals surface area contributed by atoms with Crippen LogP contribution >= 0.6 is 0 Å². The van der Waals surface area contributed by atoms with E-state index < -0.39 is 5.54 Å². The second kappa shape index (κ2) is 4.37. The largest absolute Gasteiger partial charge is 0.299 e. The molecule has 1 aliphatic carbocycles. The van der Waals surface area contributed by atoms with Gasteiger partial charge < -0.3 is 0 Å². The first kappa shape index (κ1) is 10.7. The van der Waals surface area contributed by atoms with Crippen LogP contribution in [0.2, 0.25) is 0 Å². The minimum atomic E-state index is -0.950. The number of ketones is 1. The van der Waals surface area contributed by atoms with E-state index >= 15 is 0 Å². The molecule has 0 spiro atoms. The lowest BCUT2D eigenvalue weighted by molar-refractivity contribution is -0.126. The summed E-state index contributed by atoms with van der Waals surface area (Å²) in [6.07, 6.45) is 2.96. The van der Waals surface area contributed by atoms with Crippen LogP contribution < -0.4 is 0 Å². The van der Waals surface area contributed by atoms with Crippen LogP contribution in [0.5, 0.6) is 0 Å². The summed E-state index contributed by atoms with van der Waals surface area (Å²) in [4.78, 5) is 14.9. The van der Waals surface area contributed by atoms with Crippen molar-refractivity contribution in [2.75, 3.05) is 0 Å². The molecule has 0 bridgehead atoms. The highest BCUT2D eigenvalue weighted by Gasteiger charge is 2.40. The van der Waals surface area contributed by atoms with Gasteiger partial charge in [0.1, 0.15) is 11.3 Å². The zero-order valence-corrected chi connectivity index (χ0v) is 8.97. The summed E-state index contributed by atoms with van der Waals surface area (Å²) in [7, 11) is 0. The maximum atomic E-state index is 12.0. The fraction of sp³-hybridized carbons (Fsp3) is 0.417. The van der Waals surface area contributed by atoms with Crippen molar-refractivity contribution in [2.45, 2.75) is 31.2 Å². The Hall–Kier alpha value is -1.80. The summed E-state index contributed by atoms with van der Waals surface area (Å²) in [5.74, 6) is 0.0442. The van der Waals surface area contributed by atoms with E-state index in [9.17, 15) is 4.79 Å². The predicted molar refractivity (Wildman–Crippen MR) is 60.7 cm³/mol. The number of nitrogens with zero attached hydrogens (tertiary/aromatic N) is 3. The van der Waals surface area contributed by atoms with Crippen LogP contribution in [0.25, 0.3) is 10.4 Å². The molecule has 4 nitrogen and oxygen atoms in total. The molecular weight excluding hydrogens is 202 g/mol. The van der Waals surface area contributed by atoms with Gasteiger partial charge in [0.15, 0.2) is 0 Å². The van der Waals surface area contributed by atoms with E-state index in [1.165, 1.54) is 0 Å². The molecule has 0 heterocycles. The molecule has 1 unspecified atom stereocenters.